The molecule has 0 saturated carbocycles. The molecule has 0 atom stereocenters. The maximum Gasteiger partial charge on any atom is 0.411 e. The van der Waals surface area contributed by atoms with Gasteiger partial charge in [-0.15, -0.1) is 11.3 Å². The quantitative estimate of drug-likeness (QED) is 0.821. The Labute approximate surface area is 108 Å². The molecule has 0 aromatic carbocycles. The fraction of sp³-hybridized carbons (Fsp3) is 0.667. The molecule has 0 unspecified atom stereocenters. The zero-order valence-electron chi connectivity index (χ0n) is 9.44. The number of alkyl halides is 6. The minimum absolute atomic E-state index is 0.102. The highest BCUT2D eigenvalue weighted by Crippen LogP contribution is 2.17. The molecule has 1 aromatic rings. The lowest BCUT2D eigenvalue weighted by molar-refractivity contribution is -0.176. The molecule has 0 spiro atoms. The van der Waals surface area contributed by atoms with Gasteiger partial charge in [0, 0.05) is 11.9 Å². The molecule has 19 heavy (non-hydrogen) atoms. The monoisotopic (exact) mass is 308 g/mol. The number of nitrogens with zero attached hydrogens (tertiary/aromatic N) is 1. The number of rotatable bonds is 6. The average molecular weight is 308 g/mol. The van der Waals surface area contributed by atoms with Crippen LogP contribution in [0.15, 0.2) is 5.38 Å². The van der Waals surface area contributed by atoms with Crippen molar-refractivity contribution in [3.63, 3.8) is 0 Å². The lowest BCUT2D eigenvalue weighted by Gasteiger charge is -2.06. The Hall–Kier alpha value is -0.870. The number of nitrogens with one attached hydrogen (secondary N) is 1. The van der Waals surface area contributed by atoms with Gasteiger partial charge in [-0.1, -0.05) is 0 Å². The third kappa shape index (κ3) is 8.01. The van der Waals surface area contributed by atoms with Gasteiger partial charge in [-0.3, -0.25) is 0 Å². The molecule has 0 amide bonds. The molecule has 1 rings (SSSR count). The number of hydrogen-bond donors (Lipinski definition) is 1. The van der Waals surface area contributed by atoms with E-state index in [4.69, 9.17) is 0 Å². The molecule has 1 N–H and O–H groups in total. The molecule has 0 bridgehead atoms. The number of thiazole rings is 1. The third-order valence-electron chi connectivity index (χ3n) is 1.72. The maximum absolute atomic E-state index is 11.8. The van der Waals surface area contributed by atoms with E-state index < -0.39 is 25.5 Å². The first-order valence-corrected chi connectivity index (χ1v) is 5.89. The van der Waals surface area contributed by atoms with E-state index in [9.17, 15) is 26.3 Å². The second-order valence-electron chi connectivity index (χ2n) is 3.56. The fourth-order valence-electron chi connectivity index (χ4n) is 1.08. The molecule has 0 fully saturated rings. The summed E-state index contributed by atoms with van der Waals surface area (Å²) in [5.74, 6) is 0. The van der Waals surface area contributed by atoms with Crippen LogP contribution in [0.5, 0.6) is 0 Å². The van der Waals surface area contributed by atoms with Crippen molar-refractivity contribution in [3.05, 3.63) is 16.1 Å². The Morgan fingerprint density at radius 2 is 1.84 bits per heavy atom. The Morgan fingerprint density at radius 1 is 1.16 bits per heavy atom. The van der Waals surface area contributed by atoms with Crippen molar-refractivity contribution < 1.29 is 31.1 Å². The lowest BCUT2D eigenvalue weighted by atomic mass is 10.4. The molecular formula is C9H10F6N2OS. The van der Waals surface area contributed by atoms with Crippen LogP contribution in [0.3, 0.4) is 0 Å². The van der Waals surface area contributed by atoms with E-state index >= 15 is 0 Å². The van der Waals surface area contributed by atoms with E-state index in [1.165, 1.54) is 5.38 Å². The van der Waals surface area contributed by atoms with Crippen LogP contribution in [0.4, 0.5) is 26.3 Å². The first kappa shape index (κ1) is 16.2. The summed E-state index contributed by atoms with van der Waals surface area (Å²) in [5, 5.41) is 3.89. The van der Waals surface area contributed by atoms with Gasteiger partial charge in [0.2, 0.25) is 0 Å². The van der Waals surface area contributed by atoms with Crippen LogP contribution in [0.2, 0.25) is 0 Å². The van der Waals surface area contributed by atoms with Crippen LogP contribution in [-0.4, -0.2) is 30.5 Å². The highest BCUT2D eigenvalue weighted by atomic mass is 32.1. The number of hydrogen-bond acceptors (Lipinski definition) is 4. The van der Waals surface area contributed by atoms with Gasteiger partial charge in [0.1, 0.15) is 11.6 Å². The number of ether oxygens (including phenoxy) is 1. The fourth-order valence-corrected chi connectivity index (χ4v) is 1.81. The Kier molecular flexibility index (Phi) is 5.56. The number of aromatic nitrogens is 1. The van der Waals surface area contributed by atoms with Gasteiger partial charge < -0.3 is 10.1 Å². The van der Waals surface area contributed by atoms with Crippen molar-refractivity contribution in [1.29, 1.82) is 0 Å². The van der Waals surface area contributed by atoms with Gasteiger partial charge in [0.05, 0.1) is 18.8 Å². The van der Waals surface area contributed by atoms with E-state index in [1.807, 2.05) is 0 Å². The Morgan fingerprint density at radius 3 is 2.42 bits per heavy atom. The van der Waals surface area contributed by atoms with Crippen LogP contribution in [0.25, 0.3) is 0 Å². The SMILES string of the molecule is FC(F)(F)CNCc1csc(COCC(F)(F)F)n1. The standard InChI is InChI=1S/C9H10F6N2OS/c10-8(11,12)4-16-1-6-3-19-7(17-6)2-18-5-9(13,14)15/h3,16H,1-2,4-5H2. The second-order valence-corrected chi connectivity index (χ2v) is 4.50. The summed E-state index contributed by atoms with van der Waals surface area (Å²) in [6, 6.07) is 0. The summed E-state index contributed by atoms with van der Waals surface area (Å²) >= 11 is 1.03. The van der Waals surface area contributed by atoms with E-state index in [0.717, 1.165) is 11.3 Å². The minimum atomic E-state index is -4.41. The topological polar surface area (TPSA) is 34.1 Å². The zero-order valence-corrected chi connectivity index (χ0v) is 10.3. The highest BCUT2D eigenvalue weighted by molar-refractivity contribution is 7.09. The molecule has 0 aliphatic rings. The second kappa shape index (κ2) is 6.53. The molecule has 0 aliphatic carbocycles. The van der Waals surface area contributed by atoms with Crippen LogP contribution in [0, 0.1) is 0 Å². The highest BCUT2D eigenvalue weighted by Gasteiger charge is 2.28. The van der Waals surface area contributed by atoms with Gasteiger partial charge in [-0.2, -0.15) is 26.3 Å². The molecular weight excluding hydrogens is 298 g/mol. The zero-order chi connectivity index (χ0) is 14.5. The van der Waals surface area contributed by atoms with Gasteiger partial charge in [-0.05, 0) is 0 Å². The molecule has 3 nitrogen and oxygen atoms in total. The van der Waals surface area contributed by atoms with Gasteiger partial charge in [0.25, 0.3) is 0 Å². The van der Waals surface area contributed by atoms with Crippen LogP contribution in [-0.2, 0) is 17.9 Å². The average Bonchev–Trinajstić information content (AvgIpc) is 2.62. The summed E-state index contributed by atoms with van der Waals surface area (Å²) in [5.41, 5.74) is 0.333. The van der Waals surface area contributed by atoms with E-state index in [2.05, 4.69) is 15.0 Å². The van der Waals surface area contributed by atoms with Crippen LogP contribution in [0.1, 0.15) is 10.7 Å². The molecule has 0 aliphatic heterocycles. The van der Waals surface area contributed by atoms with Crippen molar-refractivity contribution in [3.8, 4) is 0 Å². The Bertz CT molecular complexity index is 354. The summed E-state index contributed by atoms with van der Waals surface area (Å²) in [6.45, 7) is -2.95. The molecule has 0 saturated heterocycles. The Balaban J connectivity index is 2.28. The molecule has 0 radical (unpaired) electrons. The van der Waals surface area contributed by atoms with Crippen molar-refractivity contribution in [2.75, 3.05) is 13.2 Å². The normalized spacial score (nSPS) is 12.9. The summed E-state index contributed by atoms with van der Waals surface area (Å²) in [7, 11) is 0. The van der Waals surface area contributed by atoms with Gasteiger partial charge >= 0.3 is 12.4 Å². The predicted octanol–water partition coefficient (Wildman–Crippen LogP) is 2.87. The summed E-state index contributed by atoms with van der Waals surface area (Å²) in [6.07, 6.45) is -8.72. The molecule has 10 heteroatoms. The lowest BCUT2D eigenvalue weighted by Crippen LogP contribution is -2.28. The molecule has 110 valence electrons. The molecule has 1 aromatic heterocycles. The van der Waals surface area contributed by atoms with Crippen molar-refractivity contribution in [1.82, 2.24) is 10.3 Å². The van der Waals surface area contributed by atoms with Crippen molar-refractivity contribution >= 4 is 11.3 Å². The van der Waals surface area contributed by atoms with Crippen molar-refractivity contribution in [2.24, 2.45) is 0 Å². The number of halogens is 6. The third-order valence-corrected chi connectivity index (χ3v) is 2.59. The van der Waals surface area contributed by atoms with E-state index in [0.29, 0.717) is 5.69 Å². The van der Waals surface area contributed by atoms with Gasteiger partial charge in [0.15, 0.2) is 0 Å². The van der Waals surface area contributed by atoms with Crippen LogP contribution < -0.4 is 5.32 Å². The van der Waals surface area contributed by atoms with E-state index in [-0.39, 0.29) is 18.2 Å². The summed E-state index contributed by atoms with van der Waals surface area (Å²) in [4.78, 5) is 3.85. The van der Waals surface area contributed by atoms with Crippen LogP contribution >= 0.6 is 11.3 Å². The predicted molar refractivity (Wildman–Crippen MR) is 55.6 cm³/mol. The van der Waals surface area contributed by atoms with Crippen molar-refractivity contribution in [2.45, 2.75) is 25.5 Å². The maximum atomic E-state index is 11.8. The first-order chi connectivity index (χ1) is 8.66. The van der Waals surface area contributed by atoms with E-state index in [1.54, 1.807) is 0 Å². The summed E-state index contributed by atoms with van der Waals surface area (Å²) < 4.78 is 75.2. The van der Waals surface area contributed by atoms with Gasteiger partial charge in [-0.25, -0.2) is 4.98 Å². The minimum Gasteiger partial charge on any atom is -0.365 e. The smallest absolute Gasteiger partial charge is 0.365 e. The molecule has 1 heterocycles. The first-order valence-electron chi connectivity index (χ1n) is 5.01. The largest absolute Gasteiger partial charge is 0.411 e.